The zero-order valence-corrected chi connectivity index (χ0v) is 15.3. The molecule has 0 fully saturated rings. The van der Waals surface area contributed by atoms with Crippen LogP contribution in [-0.4, -0.2) is 25.7 Å². The molecule has 0 aliphatic rings. The number of carbonyl (C=O) groups is 1. The topological polar surface area (TPSA) is 72.7 Å². The third-order valence-electron chi connectivity index (χ3n) is 4.22. The smallest absolute Gasteiger partial charge is 0.277 e. The maximum Gasteiger partial charge on any atom is 0.277 e. The predicted molar refractivity (Wildman–Crippen MR) is 104 cm³/mol. The van der Waals surface area contributed by atoms with E-state index in [2.05, 4.69) is 20.4 Å². The van der Waals surface area contributed by atoms with Crippen molar-refractivity contribution in [3.05, 3.63) is 90.0 Å². The van der Waals surface area contributed by atoms with Gasteiger partial charge < -0.3 is 5.32 Å². The molecule has 3 heterocycles. The second-order valence-electron chi connectivity index (χ2n) is 6.28. The first-order valence-corrected chi connectivity index (χ1v) is 8.72. The van der Waals surface area contributed by atoms with Gasteiger partial charge in [0, 0.05) is 29.7 Å². The fraction of sp³-hybridized carbons (Fsp3) is 0.0476. The molecule has 29 heavy (non-hydrogen) atoms. The van der Waals surface area contributed by atoms with Crippen LogP contribution in [0.3, 0.4) is 0 Å². The minimum Gasteiger partial charge on any atom is -0.305 e. The van der Waals surface area contributed by atoms with Crippen molar-refractivity contribution >= 4 is 11.7 Å². The quantitative estimate of drug-likeness (QED) is 0.567. The van der Waals surface area contributed by atoms with Gasteiger partial charge in [-0.25, -0.2) is 18.4 Å². The molecule has 1 aromatic carbocycles. The summed E-state index contributed by atoms with van der Waals surface area (Å²) in [6, 6.07) is 13.7. The molecular weight excluding hydrogens is 376 g/mol. The summed E-state index contributed by atoms with van der Waals surface area (Å²) < 4.78 is 28.4. The van der Waals surface area contributed by atoms with Gasteiger partial charge in [-0.05, 0) is 49.4 Å². The molecule has 0 saturated heterocycles. The summed E-state index contributed by atoms with van der Waals surface area (Å²) in [6.45, 7) is 1.67. The number of anilines is 1. The summed E-state index contributed by atoms with van der Waals surface area (Å²) in [5.74, 6) is -1.61. The largest absolute Gasteiger partial charge is 0.305 e. The van der Waals surface area contributed by atoms with Crippen molar-refractivity contribution in [1.82, 2.24) is 19.7 Å². The number of aromatic nitrogens is 4. The van der Waals surface area contributed by atoms with E-state index < -0.39 is 17.5 Å². The van der Waals surface area contributed by atoms with Crippen LogP contribution in [0.5, 0.6) is 0 Å². The Balaban J connectivity index is 1.53. The van der Waals surface area contributed by atoms with Crippen molar-refractivity contribution in [2.45, 2.75) is 6.92 Å². The molecule has 1 amide bonds. The number of nitrogens with one attached hydrogen (secondary N) is 1. The lowest BCUT2D eigenvalue weighted by molar-refractivity contribution is 0.102. The second kappa shape index (κ2) is 7.59. The van der Waals surface area contributed by atoms with E-state index in [9.17, 15) is 13.6 Å². The molecule has 8 heteroatoms. The van der Waals surface area contributed by atoms with Crippen LogP contribution >= 0.6 is 0 Å². The van der Waals surface area contributed by atoms with Gasteiger partial charge in [-0.1, -0.05) is 6.07 Å². The Morgan fingerprint density at radius 1 is 1.03 bits per heavy atom. The zero-order chi connectivity index (χ0) is 20.4. The maximum atomic E-state index is 14.0. The number of benzene rings is 1. The van der Waals surface area contributed by atoms with E-state index >= 15 is 0 Å². The van der Waals surface area contributed by atoms with Gasteiger partial charge in [-0.3, -0.25) is 9.78 Å². The summed E-state index contributed by atoms with van der Waals surface area (Å²) in [5.41, 5.74) is 2.26. The van der Waals surface area contributed by atoms with Crippen LogP contribution in [0.25, 0.3) is 16.9 Å². The normalized spacial score (nSPS) is 10.7. The van der Waals surface area contributed by atoms with Gasteiger partial charge in [-0.15, -0.1) is 0 Å². The molecular formula is C21H15F2N5O. The number of hydrogen-bond donors (Lipinski definition) is 1. The van der Waals surface area contributed by atoms with E-state index in [4.69, 9.17) is 0 Å². The van der Waals surface area contributed by atoms with Crippen LogP contribution in [0.15, 0.2) is 67.0 Å². The van der Waals surface area contributed by atoms with Gasteiger partial charge in [0.2, 0.25) is 0 Å². The highest BCUT2D eigenvalue weighted by molar-refractivity contribution is 6.02. The Kier molecular flexibility index (Phi) is 4.82. The molecule has 3 aromatic heterocycles. The number of amides is 1. The Labute approximate surface area is 164 Å². The van der Waals surface area contributed by atoms with Crippen LogP contribution < -0.4 is 5.32 Å². The van der Waals surface area contributed by atoms with E-state index in [0.29, 0.717) is 11.5 Å². The van der Waals surface area contributed by atoms with Crippen LogP contribution in [0.2, 0.25) is 0 Å². The molecule has 1 N–H and O–H groups in total. The molecule has 0 aliphatic carbocycles. The van der Waals surface area contributed by atoms with Gasteiger partial charge in [0.05, 0.1) is 5.69 Å². The second-order valence-corrected chi connectivity index (χ2v) is 6.28. The Bertz CT molecular complexity index is 1170. The van der Waals surface area contributed by atoms with Crippen molar-refractivity contribution in [2.24, 2.45) is 0 Å². The third-order valence-corrected chi connectivity index (χ3v) is 4.22. The van der Waals surface area contributed by atoms with E-state index in [0.717, 1.165) is 23.4 Å². The van der Waals surface area contributed by atoms with Gasteiger partial charge in [0.25, 0.3) is 5.91 Å². The third kappa shape index (κ3) is 3.86. The van der Waals surface area contributed by atoms with Crippen LogP contribution in [0.4, 0.5) is 14.6 Å². The van der Waals surface area contributed by atoms with Crippen LogP contribution in [0, 0.1) is 18.6 Å². The molecule has 144 valence electrons. The molecule has 6 nitrogen and oxygen atoms in total. The SMILES string of the molecule is Cc1cc(C(=O)Nc2ccc(-c3ccccn3)cn2)nn1-c1ccc(F)cc1F. The minimum atomic E-state index is -0.769. The van der Waals surface area contributed by atoms with Crippen LogP contribution in [-0.2, 0) is 0 Å². The Morgan fingerprint density at radius 2 is 1.90 bits per heavy atom. The summed E-state index contributed by atoms with van der Waals surface area (Å²) in [4.78, 5) is 21.0. The van der Waals surface area contributed by atoms with Crippen molar-refractivity contribution in [3.63, 3.8) is 0 Å². The number of pyridine rings is 2. The fourth-order valence-electron chi connectivity index (χ4n) is 2.82. The van der Waals surface area contributed by atoms with Gasteiger partial charge in [0.1, 0.15) is 17.3 Å². The summed E-state index contributed by atoms with van der Waals surface area (Å²) in [6.07, 6.45) is 3.29. The first-order valence-electron chi connectivity index (χ1n) is 8.72. The molecule has 0 unspecified atom stereocenters. The average molecular weight is 391 g/mol. The van der Waals surface area contributed by atoms with Gasteiger partial charge in [-0.2, -0.15) is 5.10 Å². The summed E-state index contributed by atoms with van der Waals surface area (Å²) in [7, 11) is 0. The minimum absolute atomic E-state index is 0.0563. The molecule has 4 aromatic rings. The lowest BCUT2D eigenvalue weighted by Crippen LogP contribution is -2.14. The molecule has 0 atom stereocenters. The number of aryl methyl sites for hydroxylation is 1. The number of nitrogens with zero attached hydrogens (tertiary/aromatic N) is 4. The fourth-order valence-corrected chi connectivity index (χ4v) is 2.82. The average Bonchev–Trinajstić information content (AvgIpc) is 3.11. The van der Waals surface area contributed by atoms with Crippen molar-refractivity contribution in [1.29, 1.82) is 0 Å². The van der Waals surface area contributed by atoms with Gasteiger partial charge in [0.15, 0.2) is 11.5 Å². The first-order chi connectivity index (χ1) is 14.0. The lowest BCUT2D eigenvalue weighted by Gasteiger charge is -2.06. The summed E-state index contributed by atoms with van der Waals surface area (Å²) in [5, 5.41) is 6.79. The summed E-state index contributed by atoms with van der Waals surface area (Å²) >= 11 is 0. The van der Waals surface area contributed by atoms with Gasteiger partial charge >= 0.3 is 0 Å². The predicted octanol–water partition coefficient (Wildman–Crippen LogP) is 4.17. The van der Waals surface area contributed by atoms with Crippen LogP contribution in [0.1, 0.15) is 16.2 Å². The standard InChI is InChI=1S/C21H15F2N5O/c1-13-10-18(27-28(13)19-7-6-15(22)11-16(19)23)21(29)26-20-8-5-14(12-25-20)17-4-2-3-9-24-17/h2-12H,1H3,(H,25,26,29). The Morgan fingerprint density at radius 3 is 2.59 bits per heavy atom. The van der Waals surface area contributed by atoms with E-state index in [1.807, 2.05) is 18.2 Å². The molecule has 0 saturated carbocycles. The molecule has 0 spiro atoms. The number of halogens is 2. The molecule has 4 rings (SSSR count). The van der Waals surface area contributed by atoms with E-state index in [-0.39, 0.29) is 11.4 Å². The van der Waals surface area contributed by atoms with E-state index in [1.165, 1.54) is 16.8 Å². The molecule has 0 bridgehead atoms. The monoisotopic (exact) mass is 391 g/mol. The zero-order valence-electron chi connectivity index (χ0n) is 15.3. The first kappa shape index (κ1) is 18.4. The Hall–Kier alpha value is -3.94. The number of rotatable bonds is 4. The highest BCUT2D eigenvalue weighted by atomic mass is 19.1. The molecule has 0 aliphatic heterocycles. The molecule has 0 radical (unpaired) electrons. The van der Waals surface area contributed by atoms with Crippen molar-refractivity contribution < 1.29 is 13.6 Å². The number of carbonyl (C=O) groups excluding carboxylic acids is 1. The lowest BCUT2D eigenvalue weighted by atomic mass is 10.2. The highest BCUT2D eigenvalue weighted by Crippen LogP contribution is 2.19. The van der Waals surface area contributed by atoms with Crippen molar-refractivity contribution in [3.8, 4) is 16.9 Å². The van der Waals surface area contributed by atoms with Crippen molar-refractivity contribution in [2.75, 3.05) is 5.32 Å². The highest BCUT2D eigenvalue weighted by Gasteiger charge is 2.16. The maximum absolute atomic E-state index is 14.0. The van der Waals surface area contributed by atoms with E-state index in [1.54, 1.807) is 31.5 Å². The number of hydrogen-bond acceptors (Lipinski definition) is 4.